The van der Waals surface area contributed by atoms with Gasteiger partial charge in [-0.25, -0.2) is 0 Å². The molecule has 1 fully saturated rings. The SMILES string of the molecule is N#CCCCNC(=O)C1CCC(N)C1. The van der Waals surface area contributed by atoms with Crippen molar-refractivity contribution in [3.63, 3.8) is 0 Å². The van der Waals surface area contributed by atoms with E-state index in [1.165, 1.54) is 0 Å². The summed E-state index contributed by atoms with van der Waals surface area (Å²) in [7, 11) is 0. The van der Waals surface area contributed by atoms with Gasteiger partial charge in [-0.3, -0.25) is 4.79 Å². The smallest absolute Gasteiger partial charge is 0.223 e. The highest BCUT2D eigenvalue weighted by Gasteiger charge is 2.27. The van der Waals surface area contributed by atoms with E-state index >= 15 is 0 Å². The zero-order chi connectivity index (χ0) is 10.4. The van der Waals surface area contributed by atoms with Gasteiger partial charge in [-0.2, -0.15) is 5.26 Å². The number of carbonyl (C=O) groups is 1. The molecule has 14 heavy (non-hydrogen) atoms. The Labute approximate surface area is 84.5 Å². The molecule has 2 atom stereocenters. The van der Waals surface area contributed by atoms with Crippen LogP contribution in [0.1, 0.15) is 32.1 Å². The topological polar surface area (TPSA) is 78.9 Å². The average molecular weight is 195 g/mol. The molecule has 0 heterocycles. The van der Waals surface area contributed by atoms with Gasteiger partial charge in [-0.05, 0) is 25.7 Å². The van der Waals surface area contributed by atoms with Crippen molar-refractivity contribution < 1.29 is 4.79 Å². The van der Waals surface area contributed by atoms with Crippen LogP contribution in [-0.4, -0.2) is 18.5 Å². The maximum absolute atomic E-state index is 11.5. The monoisotopic (exact) mass is 195 g/mol. The van der Waals surface area contributed by atoms with E-state index in [-0.39, 0.29) is 17.9 Å². The van der Waals surface area contributed by atoms with Crippen molar-refractivity contribution in [2.24, 2.45) is 11.7 Å². The Kier molecular flexibility index (Phi) is 4.41. The van der Waals surface area contributed by atoms with E-state index in [1.54, 1.807) is 0 Å². The van der Waals surface area contributed by atoms with Crippen LogP contribution in [0.2, 0.25) is 0 Å². The molecule has 0 aromatic carbocycles. The summed E-state index contributed by atoms with van der Waals surface area (Å²) in [6, 6.07) is 2.25. The van der Waals surface area contributed by atoms with Crippen molar-refractivity contribution in [1.82, 2.24) is 5.32 Å². The van der Waals surface area contributed by atoms with E-state index in [1.807, 2.05) is 6.07 Å². The van der Waals surface area contributed by atoms with E-state index in [0.717, 1.165) is 25.7 Å². The second-order valence-electron chi connectivity index (χ2n) is 3.82. The van der Waals surface area contributed by atoms with Crippen LogP contribution in [0.25, 0.3) is 0 Å². The minimum Gasteiger partial charge on any atom is -0.356 e. The standard InChI is InChI=1S/C10H17N3O/c11-5-1-2-6-13-10(14)8-3-4-9(12)7-8/h8-9H,1-4,6-7,12H2,(H,13,14). The molecule has 2 unspecified atom stereocenters. The number of nitriles is 1. The fraction of sp³-hybridized carbons (Fsp3) is 0.800. The third kappa shape index (κ3) is 3.35. The first kappa shape index (κ1) is 11.0. The summed E-state index contributed by atoms with van der Waals surface area (Å²) in [6.07, 6.45) is 3.91. The molecule has 0 aromatic rings. The maximum atomic E-state index is 11.5. The number of nitrogens with zero attached hydrogens (tertiary/aromatic N) is 1. The van der Waals surface area contributed by atoms with Crippen LogP contribution in [0.3, 0.4) is 0 Å². The largest absolute Gasteiger partial charge is 0.356 e. The lowest BCUT2D eigenvalue weighted by molar-refractivity contribution is -0.124. The van der Waals surface area contributed by atoms with Gasteiger partial charge in [-0.1, -0.05) is 0 Å². The highest BCUT2D eigenvalue weighted by molar-refractivity contribution is 5.78. The predicted molar refractivity (Wildman–Crippen MR) is 53.2 cm³/mol. The highest BCUT2D eigenvalue weighted by atomic mass is 16.1. The molecular weight excluding hydrogens is 178 g/mol. The lowest BCUT2D eigenvalue weighted by Crippen LogP contribution is -2.31. The van der Waals surface area contributed by atoms with Gasteiger partial charge in [0.1, 0.15) is 0 Å². The van der Waals surface area contributed by atoms with E-state index in [0.29, 0.717) is 13.0 Å². The summed E-state index contributed by atoms with van der Waals surface area (Å²) in [4.78, 5) is 11.5. The lowest BCUT2D eigenvalue weighted by atomic mass is 10.1. The quantitative estimate of drug-likeness (QED) is 0.642. The molecular formula is C10H17N3O. The van der Waals surface area contributed by atoms with Crippen LogP contribution in [0.15, 0.2) is 0 Å². The van der Waals surface area contributed by atoms with Crippen LogP contribution in [0, 0.1) is 17.2 Å². The normalized spacial score (nSPS) is 25.7. The van der Waals surface area contributed by atoms with E-state index < -0.39 is 0 Å². The lowest BCUT2D eigenvalue weighted by Gasteiger charge is -2.09. The number of hydrogen-bond acceptors (Lipinski definition) is 3. The number of amides is 1. The van der Waals surface area contributed by atoms with Crippen molar-refractivity contribution in [2.45, 2.75) is 38.1 Å². The van der Waals surface area contributed by atoms with Crippen LogP contribution in [0.4, 0.5) is 0 Å². The molecule has 0 spiro atoms. The van der Waals surface area contributed by atoms with Crippen molar-refractivity contribution in [3.05, 3.63) is 0 Å². The predicted octanol–water partition coefficient (Wildman–Crippen LogP) is 0.534. The van der Waals surface area contributed by atoms with Crippen LogP contribution in [0.5, 0.6) is 0 Å². The number of nitrogens with two attached hydrogens (primary N) is 1. The van der Waals surface area contributed by atoms with Gasteiger partial charge in [0.2, 0.25) is 5.91 Å². The van der Waals surface area contributed by atoms with Gasteiger partial charge >= 0.3 is 0 Å². The summed E-state index contributed by atoms with van der Waals surface area (Å²) in [6.45, 7) is 0.609. The number of hydrogen-bond donors (Lipinski definition) is 2. The molecule has 0 saturated heterocycles. The Morgan fingerprint density at radius 1 is 1.57 bits per heavy atom. The van der Waals surface area contributed by atoms with E-state index in [4.69, 9.17) is 11.0 Å². The van der Waals surface area contributed by atoms with Gasteiger partial charge in [-0.15, -0.1) is 0 Å². The molecule has 0 bridgehead atoms. The van der Waals surface area contributed by atoms with Crippen LogP contribution < -0.4 is 11.1 Å². The van der Waals surface area contributed by atoms with Gasteiger partial charge < -0.3 is 11.1 Å². The summed E-state index contributed by atoms with van der Waals surface area (Å²) < 4.78 is 0. The minimum atomic E-state index is 0.104. The number of carbonyl (C=O) groups excluding carboxylic acids is 1. The fourth-order valence-corrected chi connectivity index (χ4v) is 1.78. The Hall–Kier alpha value is -1.08. The highest BCUT2D eigenvalue weighted by Crippen LogP contribution is 2.23. The van der Waals surface area contributed by atoms with Crippen LogP contribution >= 0.6 is 0 Å². The molecule has 1 rings (SSSR count). The van der Waals surface area contributed by atoms with Gasteiger partial charge in [0.05, 0.1) is 6.07 Å². The molecule has 78 valence electrons. The molecule has 1 aliphatic rings. The fourth-order valence-electron chi connectivity index (χ4n) is 1.78. The van der Waals surface area contributed by atoms with Crippen molar-refractivity contribution in [3.8, 4) is 6.07 Å². The number of rotatable bonds is 4. The first-order chi connectivity index (χ1) is 6.74. The van der Waals surface area contributed by atoms with Gasteiger partial charge in [0.25, 0.3) is 0 Å². The summed E-state index contributed by atoms with van der Waals surface area (Å²) in [5.41, 5.74) is 5.72. The third-order valence-corrected chi connectivity index (χ3v) is 2.61. The summed E-state index contributed by atoms with van der Waals surface area (Å²) in [5.74, 6) is 0.211. The first-order valence-electron chi connectivity index (χ1n) is 5.14. The van der Waals surface area contributed by atoms with E-state index in [9.17, 15) is 4.79 Å². The van der Waals surface area contributed by atoms with Crippen molar-refractivity contribution >= 4 is 5.91 Å². The molecule has 1 amide bonds. The molecule has 1 aliphatic carbocycles. The zero-order valence-corrected chi connectivity index (χ0v) is 8.33. The Balaban J connectivity index is 2.13. The first-order valence-corrected chi connectivity index (χ1v) is 5.14. The molecule has 0 aromatic heterocycles. The Morgan fingerprint density at radius 2 is 2.36 bits per heavy atom. The molecule has 0 aliphatic heterocycles. The summed E-state index contributed by atoms with van der Waals surface area (Å²) >= 11 is 0. The minimum absolute atomic E-state index is 0.104. The maximum Gasteiger partial charge on any atom is 0.223 e. The molecule has 0 radical (unpaired) electrons. The molecule has 3 N–H and O–H groups in total. The zero-order valence-electron chi connectivity index (χ0n) is 8.33. The van der Waals surface area contributed by atoms with E-state index in [2.05, 4.69) is 5.32 Å². The number of nitrogens with one attached hydrogen (secondary N) is 1. The van der Waals surface area contributed by atoms with Crippen LogP contribution in [-0.2, 0) is 4.79 Å². The Morgan fingerprint density at radius 3 is 2.93 bits per heavy atom. The third-order valence-electron chi connectivity index (χ3n) is 2.61. The molecule has 4 nitrogen and oxygen atoms in total. The second kappa shape index (κ2) is 5.61. The van der Waals surface area contributed by atoms with Crippen molar-refractivity contribution in [2.75, 3.05) is 6.54 Å². The van der Waals surface area contributed by atoms with Gasteiger partial charge in [0, 0.05) is 24.9 Å². The molecule has 4 heteroatoms. The molecule has 1 saturated carbocycles. The Bertz CT molecular complexity index is 234. The average Bonchev–Trinajstić information content (AvgIpc) is 2.59. The summed E-state index contributed by atoms with van der Waals surface area (Å²) in [5, 5.41) is 11.1. The second-order valence-corrected chi connectivity index (χ2v) is 3.82. The van der Waals surface area contributed by atoms with Gasteiger partial charge in [0.15, 0.2) is 0 Å². The van der Waals surface area contributed by atoms with Crippen molar-refractivity contribution in [1.29, 1.82) is 5.26 Å². The number of unbranched alkanes of at least 4 members (excludes halogenated alkanes) is 1.